The first-order valence-electron chi connectivity index (χ1n) is 7.88. The second kappa shape index (κ2) is 8.72. The van der Waals surface area contributed by atoms with Crippen molar-refractivity contribution in [1.82, 2.24) is 4.57 Å². The van der Waals surface area contributed by atoms with Gasteiger partial charge in [0.2, 0.25) is 0 Å². The number of rotatable bonds is 4. The molecule has 0 bridgehead atoms. The standard InChI is InChI=1S/C18H13Cl2IN2O3S/c1-2-26-15(24)9-23-16-12(20)7-10(19)8-14(16)27-18(23)22-17(25)11-5-3-4-6-13(11)21/h3-8H,2,9H2,1H3. The van der Waals surface area contributed by atoms with Crippen LogP contribution in [0.15, 0.2) is 41.4 Å². The summed E-state index contributed by atoms with van der Waals surface area (Å²) in [6.07, 6.45) is 0. The van der Waals surface area contributed by atoms with Gasteiger partial charge in [0.25, 0.3) is 5.91 Å². The summed E-state index contributed by atoms with van der Waals surface area (Å²) in [6.45, 7) is 1.88. The molecule has 3 rings (SSSR count). The molecular formula is C18H13Cl2IN2O3S. The van der Waals surface area contributed by atoms with Crippen LogP contribution >= 0.6 is 57.1 Å². The van der Waals surface area contributed by atoms with E-state index in [2.05, 4.69) is 27.6 Å². The number of nitrogens with zero attached hydrogens (tertiary/aromatic N) is 2. The van der Waals surface area contributed by atoms with Gasteiger partial charge in [0.1, 0.15) is 6.54 Å². The van der Waals surface area contributed by atoms with Crippen molar-refractivity contribution < 1.29 is 14.3 Å². The highest BCUT2D eigenvalue weighted by Crippen LogP contribution is 2.29. The van der Waals surface area contributed by atoms with Gasteiger partial charge in [-0.1, -0.05) is 46.7 Å². The summed E-state index contributed by atoms with van der Waals surface area (Å²) in [6, 6.07) is 10.5. The van der Waals surface area contributed by atoms with Crippen LogP contribution in [0.4, 0.5) is 0 Å². The predicted molar refractivity (Wildman–Crippen MR) is 116 cm³/mol. The van der Waals surface area contributed by atoms with Crippen LogP contribution in [-0.2, 0) is 16.1 Å². The lowest BCUT2D eigenvalue weighted by Crippen LogP contribution is -2.23. The number of carbonyl (C=O) groups is 2. The second-order valence-corrected chi connectivity index (χ2v) is 8.42. The van der Waals surface area contributed by atoms with Gasteiger partial charge >= 0.3 is 5.97 Å². The van der Waals surface area contributed by atoms with E-state index in [9.17, 15) is 9.59 Å². The Morgan fingerprint density at radius 2 is 2.00 bits per heavy atom. The maximum absolute atomic E-state index is 12.7. The summed E-state index contributed by atoms with van der Waals surface area (Å²) in [5, 5.41) is 0.841. The van der Waals surface area contributed by atoms with Crippen molar-refractivity contribution in [2.24, 2.45) is 4.99 Å². The van der Waals surface area contributed by atoms with E-state index >= 15 is 0 Å². The smallest absolute Gasteiger partial charge is 0.326 e. The number of hydrogen-bond donors (Lipinski definition) is 0. The highest BCUT2D eigenvalue weighted by molar-refractivity contribution is 14.1. The quantitative estimate of drug-likeness (QED) is 0.352. The molecule has 0 atom stereocenters. The number of halogens is 3. The normalized spacial score (nSPS) is 11.8. The van der Waals surface area contributed by atoms with Gasteiger partial charge in [-0.2, -0.15) is 4.99 Å². The molecule has 0 N–H and O–H groups in total. The molecule has 0 fully saturated rings. The fraction of sp³-hybridized carbons (Fsp3) is 0.167. The van der Waals surface area contributed by atoms with Gasteiger partial charge in [-0.25, -0.2) is 0 Å². The van der Waals surface area contributed by atoms with Crippen LogP contribution in [0.5, 0.6) is 0 Å². The molecule has 0 aliphatic rings. The molecule has 140 valence electrons. The van der Waals surface area contributed by atoms with E-state index < -0.39 is 11.9 Å². The molecule has 27 heavy (non-hydrogen) atoms. The molecule has 0 unspecified atom stereocenters. The first-order valence-corrected chi connectivity index (χ1v) is 10.5. The molecule has 0 aliphatic heterocycles. The molecule has 0 aliphatic carbocycles. The van der Waals surface area contributed by atoms with Gasteiger partial charge in [0, 0.05) is 8.59 Å². The van der Waals surface area contributed by atoms with Crippen LogP contribution in [0.1, 0.15) is 17.3 Å². The van der Waals surface area contributed by atoms with Gasteiger partial charge in [-0.3, -0.25) is 9.59 Å². The summed E-state index contributed by atoms with van der Waals surface area (Å²) < 4.78 is 8.15. The van der Waals surface area contributed by atoms with E-state index in [0.717, 1.165) is 8.27 Å². The number of esters is 1. The Balaban J connectivity index is 2.19. The number of benzene rings is 2. The van der Waals surface area contributed by atoms with Gasteiger partial charge < -0.3 is 9.30 Å². The summed E-state index contributed by atoms with van der Waals surface area (Å²) in [7, 11) is 0. The molecule has 2 aromatic carbocycles. The van der Waals surface area contributed by atoms with Crippen molar-refractivity contribution in [2.45, 2.75) is 13.5 Å². The number of hydrogen-bond acceptors (Lipinski definition) is 4. The molecule has 0 saturated heterocycles. The Kier molecular flexibility index (Phi) is 6.56. The minimum Gasteiger partial charge on any atom is -0.465 e. The zero-order valence-electron chi connectivity index (χ0n) is 14.0. The van der Waals surface area contributed by atoms with E-state index in [1.807, 2.05) is 12.1 Å². The molecule has 5 nitrogen and oxygen atoms in total. The highest BCUT2D eigenvalue weighted by atomic mass is 127. The summed E-state index contributed by atoms with van der Waals surface area (Å²) in [4.78, 5) is 29.3. The molecule has 0 radical (unpaired) electrons. The lowest BCUT2D eigenvalue weighted by Gasteiger charge is -2.06. The molecule has 1 heterocycles. The third-order valence-corrected chi connectivity index (χ3v) is 6.06. The molecule has 1 aromatic heterocycles. The number of carbonyl (C=O) groups excluding carboxylic acids is 2. The minimum absolute atomic E-state index is 0.104. The molecular weight excluding hydrogens is 522 g/mol. The van der Waals surface area contributed by atoms with Crippen LogP contribution in [0.25, 0.3) is 10.2 Å². The summed E-state index contributed by atoms with van der Waals surface area (Å²) in [5.74, 6) is -0.835. The zero-order valence-corrected chi connectivity index (χ0v) is 18.5. The SMILES string of the molecule is CCOC(=O)Cn1c(=NC(=O)c2ccccc2I)sc2cc(Cl)cc(Cl)c21. The lowest BCUT2D eigenvalue weighted by molar-refractivity contribution is -0.143. The van der Waals surface area contributed by atoms with Gasteiger partial charge in [-0.15, -0.1) is 0 Å². The third kappa shape index (κ3) is 4.53. The first kappa shape index (κ1) is 20.3. The van der Waals surface area contributed by atoms with Crippen molar-refractivity contribution in [3.05, 3.63) is 60.4 Å². The maximum Gasteiger partial charge on any atom is 0.326 e. The van der Waals surface area contributed by atoms with Crippen LogP contribution < -0.4 is 4.80 Å². The van der Waals surface area contributed by atoms with E-state index in [4.69, 9.17) is 27.9 Å². The van der Waals surface area contributed by atoms with E-state index in [0.29, 0.717) is 25.9 Å². The monoisotopic (exact) mass is 534 g/mol. The van der Waals surface area contributed by atoms with Crippen LogP contribution in [0.2, 0.25) is 10.0 Å². The second-order valence-electron chi connectivity index (χ2n) is 5.41. The fourth-order valence-electron chi connectivity index (χ4n) is 2.48. The average Bonchev–Trinajstić information content (AvgIpc) is 2.92. The summed E-state index contributed by atoms with van der Waals surface area (Å²) >= 11 is 15.8. The third-order valence-electron chi connectivity index (χ3n) is 3.59. The minimum atomic E-state index is -0.439. The molecule has 0 saturated carbocycles. The van der Waals surface area contributed by atoms with Gasteiger partial charge in [0.05, 0.1) is 27.4 Å². The van der Waals surface area contributed by atoms with E-state index in [1.165, 1.54) is 11.3 Å². The number of amides is 1. The van der Waals surface area contributed by atoms with E-state index in [1.54, 1.807) is 35.8 Å². The molecule has 9 heteroatoms. The van der Waals surface area contributed by atoms with Crippen molar-refractivity contribution in [3.63, 3.8) is 0 Å². The van der Waals surface area contributed by atoms with Gasteiger partial charge in [-0.05, 0) is 53.8 Å². The van der Waals surface area contributed by atoms with E-state index in [-0.39, 0.29) is 13.2 Å². The van der Waals surface area contributed by atoms with Crippen LogP contribution in [-0.4, -0.2) is 23.1 Å². The van der Waals surface area contributed by atoms with Crippen molar-refractivity contribution in [3.8, 4) is 0 Å². The summed E-state index contributed by atoms with van der Waals surface area (Å²) in [5.41, 5.74) is 1.08. The van der Waals surface area contributed by atoms with Crippen molar-refractivity contribution >= 4 is 79.2 Å². The molecule has 3 aromatic rings. The Morgan fingerprint density at radius 1 is 1.26 bits per heavy atom. The largest absolute Gasteiger partial charge is 0.465 e. The Morgan fingerprint density at radius 3 is 2.70 bits per heavy atom. The van der Waals surface area contributed by atoms with Gasteiger partial charge in [0.15, 0.2) is 4.80 Å². The van der Waals surface area contributed by atoms with Crippen molar-refractivity contribution in [1.29, 1.82) is 0 Å². The number of fused-ring (bicyclic) bond motifs is 1. The lowest BCUT2D eigenvalue weighted by atomic mass is 10.2. The van der Waals surface area contributed by atoms with Crippen molar-refractivity contribution in [2.75, 3.05) is 6.61 Å². The first-order chi connectivity index (χ1) is 12.9. The molecule has 0 spiro atoms. The number of thiazole rings is 1. The Hall–Kier alpha value is -1.42. The maximum atomic E-state index is 12.7. The number of aromatic nitrogens is 1. The Labute approximate surface area is 182 Å². The highest BCUT2D eigenvalue weighted by Gasteiger charge is 2.16. The van der Waals surface area contributed by atoms with Crippen LogP contribution in [0.3, 0.4) is 0 Å². The average molecular weight is 535 g/mol. The topological polar surface area (TPSA) is 60.7 Å². The predicted octanol–water partition coefficient (Wildman–Crippen LogP) is 4.92. The Bertz CT molecular complexity index is 1110. The fourth-order valence-corrected chi connectivity index (χ4v) is 4.91. The number of ether oxygens (including phenoxy) is 1. The zero-order chi connectivity index (χ0) is 19.6. The van der Waals surface area contributed by atoms with Crippen LogP contribution in [0, 0.1) is 3.57 Å². The molecule has 1 amide bonds.